The van der Waals surface area contributed by atoms with Gasteiger partial charge >= 0.3 is 5.97 Å². The van der Waals surface area contributed by atoms with Crippen LogP contribution in [0.2, 0.25) is 0 Å². The second-order valence-electron chi connectivity index (χ2n) is 5.76. The smallest absolute Gasteiger partial charge is 0.342 e. The molecule has 1 aliphatic heterocycles. The van der Waals surface area contributed by atoms with Crippen molar-refractivity contribution in [3.8, 4) is 23.0 Å². The number of benzene rings is 2. The summed E-state index contributed by atoms with van der Waals surface area (Å²) in [5.41, 5.74) is -0.0516. The van der Waals surface area contributed by atoms with Crippen molar-refractivity contribution in [2.75, 3.05) is 26.9 Å². The highest BCUT2D eigenvalue weighted by atomic mass is 16.6. The lowest BCUT2D eigenvalue weighted by Crippen LogP contribution is -2.42. The largest absolute Gasteiger partial charge is 0.507 e. The van der Waals surface area contributed by atoms with Gasteiger partial charge in [0.15, 0.2) is 18.1 Å². The van der Waals surface area contributed by atoms with Crippen LogP contribution in [0, 0.1) is 0 Å². The van der Waals surface area contributed by atoms with Gasteiger partial charge in [0.05, 0.1) is 13.7 Å². The molecule has 0 saturated carbocycles. The maximum Gasteiger partial charge on any atom is 0.342 e. The van der Waals surface area contributed by atoms with Crippen molar-refractivity contribution >= 4 is 11.9 Å². The Labute approximate surface area is 155 Å². The van der Waals surface area contributed by atoms with Crippen molar-refractivity contribution in [1.82, 2.24) is 5.32 Å². The number of rotatable bonds is 6. The highest BCUT2D eigenvalue weighted by Crippen LogP contribution is 2.30. The van der Waals surface area contributed by atoms with E-state index >= 15 is 0 Å². The molecule has 8 nitrogen and oxygen atoms in total. The summed E-state index contributed by atoms with van der Waals surface area (Å²) >= 11 is 0. The van der Waals surface area contributed by atoms with Gasteiger partial charge in [0.2, 0.25) is 0 Å². The normalized spacial score (nSPS) is 14.9. The molecule has 0 radical (unpaired) electrons. The lowest BCUT2D eigenvalue weighted by atomic mass is 10.2. The molecule has 1 heterocycles. The zero-order valence-corrected chi connectivity index (χ0v) is 14.6. The van der Waals surface area contributed by atoms with Gasteiger partial charge in [-0.1, -0.05) is 12.1 Å². The van der Waals surface area contributed by atoms with Gasteiger partial charge in [0.1, 0.15) is 29.8 Å². The average Bonchev–Trinajstić information content (AvgIpc) is 2.70. The number of fused-ring (bicyclic) bond motifs is 1. The lowest BCUT2D eigenvalue weighted by Gasteiger charge is -2.26. The Balaban J connectivity index is 1.44. The van der Waals surface area contributed by atoms with Crippen LogP contribution in [0.25, 0.3) is 0 Å². The zero-order chi connectivity index (χ0) is 19.2. The quantitative estimate of drug-likeness (QED) is 0.740. The maximum atomic E-state index is 12.0. The Bertz CT molecular complexity index is 837. The van der Waals surface area contributed by atoms with Crippen molar-refractivity contribution in [1.29, 1.82) is 0 Å². The van der Waals surface area contributed by atoms with Gasteiger partial charge in [-0.15, -0.1) is 0 Å². The molecule has 3 rings (SSSR count). The number of hydrogen-bond donors (Lipinski definition) is 2. The number of amides is 1. The summed E-state index contributed by atoms with van der Waals surface area (Å²) in [7, 11) is 1.44. The van der Waals surface area contributed by atoms with E-state index in [0.29, 0.717) is 23.9 Å². The van der Waals surface area contributed by atoms with Crippen LogP contribution in [0.3, 0.4) is 0 Å². The number of phenolic OH excluding ortho intramolecular Hbond substituents is 1. The number of ether oxygens (including phenoxy) is 4. The molecule has 2 N–H and O–H groups in total. The van der Waals surface area contributed by atoms with Gasteiger partial charge in [-0.25, -0.2) is 4.79 Å². The maximum absolute atomic E-state index is 12.0. The molecule has 8 heteroatoms. The topological polar surface area (TPSA) is 103 Å². The number of hydrogen-bond acceptors (Lipinski definition) is 7. The summed E-state index contributed by atoms with van der Waals surface area (Å²) in [6.07, 6.45) is -0.342. The average molecular weight is 373 g/mol. The van der Waals surface area contributed by atoms with Crippen molar-refractivity contribution in [3.63, 3.8) is 0 Å². The zero-order valence-electron chi connectivity index (χ0n) is 14.6. The second-order valence-corrected chi connectivity index (χ2v) is 5.76. The SMILES string of the molecule is COc1ccc(C(=O)OCC(=O)NCC2COc3ccccc3O2)c(O)c1. The summed E-state index contributed by atoms with van der Waals surface area (Å²) in [6, 6.07) is 11.4. The second kappa shape index (κ2) is 8.31. The minimum Gasteiger partial charge on any atom is -0.507 e. The van der Waals surface area contributed by atoms with Crippen LogP contribution >= 0.6 is 0 Å². The fourth-order valence-electron chi connectivity index (χ4n) is 2.46. The van der Waals surface area contributed by atoms with Gasteiger partial charge in [0.25, 0.3) is 5.91 Å². The van der Waals surface area contributed by atoms with E-state index in [9.17, 15) is 14.7 Å². The molecule has 0 aliphatic carbocycles. The monoisotopic (exact) mass is 373 g/mol. The first-order valence-electron chi connectivity index (χ1n) is 8.26. The molecule has 0 saturated heterocycles. The van der Waals surface area contributed by atoms with Gasteiger partial charge in [-0.3, -0.25) is 4.79 Å². The summed E-state index contributed by atoms with van der Waals surface area (Å²) in [6.45, 7) is 0.0315. The van der Waals surface area contributed by atoms with Gasteiger partial charge in [0, 0.05) is 6.07 Å². The van der Waals surface area contributed by atoms with E-state index in [1.165, 1.54) is 25.3 Å². The summed E-state index contributed by atoms with van der Waals surface area (Å²) < 4.78 is 21.1. The van der Waals surface area contributed by atoms with Crippen LogP contribution < -0.4 is 19.5 Å². The molecule has 27 heavy (non-hydrogen) atoms. The van der Waals surface area contributed by atoms with E-state index in [1.54, 1.807) is 12.1 Å². The number of carbonyl (C=O) groups is 2. The Morgan fingerprint density at radius 3 is 2.74 bits per heavy atom. The minimum absolute atomic E-state index is 0.0516. The molecular formula is C19H19NO7. The van der Waals surface area contributed by atoms with Crippen LogP contribution in [0.15, 0.2) is 42.5 Å². The third kappa shape index (κ3) is 4.60. The van der Waals surface area contributed by atoms with E-state index < -0.39 is 18.5 Å². The summed E-state index contributed by atoms with van der Waals surface area (Å²) in [5, 5.41) is 12.4. The molecule has 0 spiro atoms. The highest BCUT2D eigenvalue weighted by molar-refractivity contribution is 5.94. The van der Waals surface area contributed by atoms with E-state index in [-0.39, 0.29) is 24.0 Å². The van der Waals surface area contributed by atoms with Crippen molar-refractivity contribution in [2.24, 2.45) is 0 Å². The number of aromatic hydroxyl groups is 1. The lowest BCUT2D eigenvalue weighted by molar-refractivity contribution is -0.124. The molecule has 1 aliphatic rings. The van der Waals surface area contributed by atoms with Crippen LogP contribution in [0.4, 0.5) is 0 Å². The standard InChI is InChI=1S/C19H19NO7/c1-24-12-6-7-14(15(21)8-12)19(23)26-11-18(22)20-9-13-10-25-16-4-2-3-5-17(16)27-13/h2-8,13,21H,9-11H2,1H3,(H,20,22). The summed E-state index contributed by atoms with van der Waals surface area (Å²) in [5.74, 6) is 0.0947. The first-order valence-corrected chi connectivity index (χ1v) is 8.26. The molecule has 0 fully saturated rings. The van der Waals surface area contributed by atoms with Crippen molar-refractivity contribution in [3.05, 3.63) is 48.0 Å². The Morgan fingerprint density at radius 2 is 2.00 bits per heavy atom. The van der Waals surface area contributed by atoms with Crippen molar-refractivity contribution in [2.45, 2.75) is 6.10 Å². The van der Waals surface area contributed by atoms with Crippen LogP contribution in [0.1, 0.15) is 10.4 Å². The molecule has 0 bridgehead atoms. The fraction of sp³-hybridized carbons (Fsp3) is 0.263. The number of esters is 1. The number of nitrogens with one attached hydrogen (secondary N) is 1. The third-order valence-electron chi connectivity index (χ3n) is 3.85. The minimum atomic E-state index is -0.809. The van der Waals surface area contributed by atoms with Gasteiger partial charge in [-0.2, -0.15) is 0 Å². The third-order valence-corrected chi connectivity index (χ3v) is 3.85. The fourth-order valence-corrected chi connectivity index (χ4v) is 2.46. The van der Waals surface area contributed by atoms with E-state index in [0.717, 1.165) is 0 Å². The molecule has 1 atom stereocenters. The van der Waals surface area contributed by atoms with Crippen LogP contribution in [-0.2, 0) is 9.53 Å². The number of carbonyl (C=O) groups excluding carboxylic acids is 2. The van der Waals surface area contributed by atoms with E-state index in [4.69, 9.17) is 18.9 Å². The molecule has 2 aromatic rings. The number of methoxy groups -OCH3 is 1. The number of phenols is 1. The molecule has 0 aromatic heterocycles. The highest BCUT2D eigenvalue weighted by Gasteiger charge is 2.21. The molecule has 1 unspecified atom stereocenters. The van der Waals surface area contributed by atoms with Crippen molar-refractivity contribution < 1.29 is 33.6 Å². The van der Waals surface area contributed by atoms with Crippen LogP contribution in [-0.4, -0.2) is 50.0 Å². The van der Waals surface area contributed by atoms with Gasteiger partial charge < -0.3 is 29.4 Å². The predicted molar refractivity (Wildman–Crippen MR) is 94.3 cm³/mol. The van der Waals surface area contributed by atoms with Crippen LogP contribution in [0.5, 0.6) is 23.0 Å². The first kappa shape index (κ1) is 18.4. The number of para-hydroxylation sites is 2. The van der Waals surface area contributed by atoms with E-state index in [2.05, 4.69) is 5.32 Å². The van der Waals surface area contributed by atoms with Gasteiger partial charge in [-0.05, 0) is 24.3 Å². The molecule has 142 valence electrons. The Hall–Kier alpha value is -3.42. The first-order chi connectivity index (χ1) is 13.1. The Morgan fingerprint density at radius 1 is 1.22 bits per heavy atom. The Kier molecular flexibility index (Phi) is 5.65. The van der Waals surface area contributed by atoms with E-state index in [1.807, 2.05) is 12.1 Å². The molecular weight excluding hydrogens is 354 g/mol. The summed E-state index contributed by atoms with van der Waals surface area (Å²) in [4.78, 5) is 23.9. The molecule has 1 amide bonds. The molecule has 2 aromatic carbocycles. The predicted octanol–water partition coefficient (Wildman–Crippen LogP) is 1.51.